The Morgan fingerprint density at radius 1 is 1.64 bits per heavy atom. The first kappa shape index (κ1) is 9.42. The Bertz CT molecular complexity index is 269. The van der Waals surface area contributed by atoms with E-state index in [4.69, 9.17) is 0 Å². The fraction of sp³-hybridized carbons (Fsp3) is 0.750. The normalized spacial score (nSPS) is 32.2. The zero-order chi connectivity index (χ0) is 10.1. The van der Waals surface area contributed by atoms with Crippen LogP contribution in [-0.2, 0) is 14.3 Å². The molecule has 78 valence electrons. The maximum absolute atomic E-state index is 11.4. The summed E-state index contributed by atoms with van der Waals surface area (Å²) in [6.07, 6.45) is 0.533. The Kier molecular flexibility index (Phi) is 2.39. The van der Waals surface area contributed by atoms with Gasteiger partial charge in [-0.2, -0.15) is 0 Å². The summed E-state index contributed by atoms with van der Waals surface area (Å²) in [7, 11) is 1.37. The molecule has 0 saturated carbocycles. The number of esters is 1. The Morgan fingerprint density at radius 2 is 2.43 bits per heavy atom. The van der Waals surface area contributed by atoms with E-state index in [2.05, 4.69) is 15.5 Å². The molecule has 2 N–H and O–H groups in total. The fourth-order valence-corrected chi connectivity index (χ4v) is 1.94. The summed E-state index contributed by atoms with van der Waals surface area (Å²) in [5, 5.41) is 4.49. The highest BCUT2D eigenvalue weighted by Gasteiger charge is 2.42. The van der Waals surface area contributed by atoms with E-state index >= 15 is 0 Å². The largest absolute Gasteiger partial charge is 0.469 e. The van der Waals surface area contributed by atoms with Crippen LogP contribution in [0, 0.1) is 5.92 Å². The van der Waals surface area contributed by atoms with E-state index in [1.54, 1.807) is 5.01 Å². The van der Waals surface area contributed by atoms with Gasteiger partial charge in [-0.05, 0) is 6.42 Å². The molecule has 2 atom stereocenters. The Morgan fingerprint density at radius 3 is 3.07 bits per heavy atom. The smallest absolute Gasteiger partial charge is 0.310 e. The molecule has 0 aromatic rings. The third-order valence-corrected chi connectivity index (χ3v) is 2.68. The van der Waals surface area contributed by atoms with Crippen LogP contribution >= 0.6 is 0 Å². The Labute approximate surface area is 81.5 Å². The number of methoxy groups -OCH3 is 1. The summed E-state index contributed by atoms with van der Waals surface area (Å²) in [5.74, 6) is -0.453. The van der Waals surface area contributed by atoms with Crippen molar-refractivity contribution in [1.82, 2.24) is 15.8 Å². The van der Waals surface area contributed by atoms with Gasteiger partial charge < -0.3 is 10.1 Å². The van der Waals surface area contributed by atoms with Gasteiger partial charge in [-0.25, -0.2) is 10.4 Å². The minimum atomic E-state index is -0.242. The highest BCUT2D eigenvalue weighted by molar-refractivity contribution is 5.84. The van der Waals surface area contributed by atoms with Gasteiger partial charge in [0, 0.05) is 6.54 Å². The van der Waals surface area contributed by atoms with Crippen LogP contribution in [0.5, 0.6) is 0 Å². The molecule has 0 bridgehead atoms. The van der Waals surface area contributed by atoms with Crippen LogP contribution in [0.25, 0.3) is 0 Å². The van der Waals surface area contributed by atoms with Crippen molar-refractivity contribution in [2.24, 2.45) is 5.92 Å². The van der Waals surface area contributed by atoms with Gasteiger partial charge in [0.15, 0.2) is 0 Å². The minimum absolute atomic E-state index is 0.0184. The van der Waals surface area contributed by atoms with Crippen molar-refractivity contribution >= 4 is 11.9 Å². The summed E-state index contributed by atoms with van der Waals surface area (Å²) < 4.78 is 4.65. The Hall–Kier alpha value is -1.14. The maximum atomic E-state index is 11.4. The molecule has 2 fully saturated rings. The van der Waals surface area contributed by atoms with Gasteiger partial charge >= 0.3 is 5.97 Å². The molecule has 0 aliphatic carbocycles. The first-order chi connectivity index (χ1) is 6.72. The molecular weight excluding hydrogens is 186 g/mol. The molecule has 2 aliphatic heterocycles. The summed E-state index contributed by atoms with van der Waals surface area (Å²) in [5.41, 5.74) is 3.01. The highest BCUT2D eigenvalue weighted by Crippen LogP contribution is 2.23. The topological polar surface area (TPSA) is 70.7 Å². The standard InChI is InChI=1S/C8H13N3O3/c1-14-8(13)5-2-6-7(12)9-4-10-11(6)3-5/h5-6,10H,2-4H2,1H3,(H,9,12). The zero-order valence-electron chi connectivity index (χ0n) is 7.95. The van der Waals surface area contributed by atoms with Crippen LogP contribution in [0.15, 0.2) is 0 Å². The number of fused-ring (bicyclic) bond motifs is 1. The SMILES string of the molecule is COC(=O)C1CC2C(=O)NCNN2C1. The highest BCUT2D eigenvalue weighted by atomic mass is 16.5. The number of hydrogen-bond acceptors (Lipinski definition) is 5. The minimum Gasteiger partial charge on any atom is -0.469 e. The van der Waals surface area contributed by atoms with Crippen LogP contribution in [-0.4, -0.2) is 43.3 Å². The summed E-state index contributed by atoms with van der Waals surface area (Å²) in [6, 6.07) is -0.229. The molecule has 2 rings (SSSR count). The molecule has 0 spiro atoms. The fourth-order valence-electron chi connectivity index (χ4n) is 1.94. The third-order valence-electron chi connectivity index (χ3n) is 2.68. The number of nitrogens with one attached hydrogen (secondary N) is 2. The van der Waals surface area contributed by atoms with Crippen LogP contribution in [0.2, 0.25) is 0 Å². The average molecular weight is 199 g/mol. The summed E-state index contributed by atoms with van der Waals surface area (Å²) in [4.78, 5) is 22.6. The van der Waals surface area contributed by atoms with Crippen LogP contribution in [0.1, 0.15) is 6.42 Å². The van der Waals surface area contributed by atoms with Gasteiger partial charge in [-0.15, -0.1) is 0 Å². The second kappa shape index (κ2) is 3.55. The number of carbonyl (C=O) groups excluding carboxylic acids is 2. The van der Waals surface area contributed by atoms with Crippen LogP contribution in [0.3, 0.4) is 0 Å². The van der Waals surface area contributed by atoms with Gasteiger partial charge in [-0.1, -0.05) is 0 Å². The van der Waals surface area contributed by atoms with E-state index in [0.717, 1.165) is 0 Å². The maximum Gasteiger partial charge on any atom is 0.310 e. The van der Waals surface area contributed by atoms with E-state index in [9.17, 15) is 9.59 Å². The quantitative estimate of drug-likeness (QED) is 0.500. The predicted octanol–water partition coefficient (Wildman–Crippen LogP) is -1.56. The molecule has 2 saturated heterocycles. The van der Waals surface area contributed by atoms with Crippen molar-refractivity contribution < 1.29 is 14.3 Å². The van der Waals surface area contributed by atoms with Crippen molar-refractivity contribution in [2.75, 3.05) is 20.3 Å². The number of rotatable bonds is 1. The van der Waals surface area contributed by atoms with Crippen molar-refractivity contribution in [3.8, 4) is 0 Å². The lowest BCUT2D eigenvalue weighted by atomic mass is 10.1. The molecule has 2 heterocycles. The number of hydrazine groups is 1. The average Bonchev–Trinajstić information content (AvgIpc) is 2.62. The Balaban J connectivity index is 2.04. The number of amides is 1. The number of hydrogen-bond donors (Lipinski definition) is 2. The van der Waals surface area contributed by atoms with E-state index in [-0.39, 0.29) is 23.8 Å². The van der Waals surface area contributed by atoms with E-state index in [0.29, 0.717) is 19.6 Å². The molecule has 1 amide bonds. The van der Waals surface area contributed by atoms with Gasteiger partial charge in [0.05, 0.1) is 19.7 Å². The first-order valence-corrected chi connectivity index (χ1v) is 4.58. The second-order valence-electron chi connectivity index (χ2n) is 3.50. The van der Waals surface area contributed by atoms with E-state index in [1.165, 1.54) is 7.11 Å². The molecular formula is C8H13N3O3. The number of nitrogens with zero attached hydrogens (tertiary/aromatic N) is 1. The van der Waals surface area contributed by atoms with Gasteiger partial charge in [0.1, 0.15) is 6.04 Å². The molecule has 6 heteroatoms. The monoisotopic (exact) mass is 199 g/mol. The molecule has 14 heavy (non-hydrogen) atoms. The lowest BCUT2D eigenvalue weighted by molar-refractivity contribution is -0.145. The molecule has 2 aliphatic rings. The van der Waals surface area contributed by atoms with Gasteiger partial charge in [0.2, 0.25) is 5.91 Å². The van der Waals surface area contributed by atoms with Crippen molar-refractivity contribution in [1.29, 1.82) is 0 Å². The van der Waals surface area contributed by atoms with Gasteiger partial charge in [0.25, 0.3) is 0 Å². The lowest BCUT2D eigenvalue weighted by Crippen LogP contribution is -2.58. The van der Waals surface area contributed by atoms with Crippen molar-refractivity contribution in [3.05, 3.63) is 0 Å². The number of carbonyl (C=O) groups is 2. The first-order valence-electron chi connectivity index (χ1n) is 4.58. The lowest BCUT2D eigenvalue weighted by Gasteiger charge is -2.29. The molecule has 6 nitrogen and oxygen atoms in total. The number of ether oxygens (including phenoxy) is 1. The third kappa shape index (κ3) is 1.46. The van der Waals surface area contributed by atoms with Crippen LogP contribution < -0.4 is 10.7 Å². The van der Waals surface area contributed by atoms with Crippen LogP contribution in [0.4, 0.5) is 0 Å². The molecule has 0 radical (unpaired) electrons. The zero-order valence-corrected chi connectivity index (χ0v) is 7.95. The predicted molar refractivity (Wildman–Crippen MR) is 46.8 cm³/mol. The molecule has 0 aromatic heterocycles. The van der Waals surface area contributed by atoms with E-state index < -0.39 is 0 Å². The van der Waals surface area contributed by atoms with Crippen molar-refractivity contribution in [2.45, 2.75) is 12.5 Å². The summed E-state index contributed by atoms with van der Waals surface area (Å²) in [6.45, 7) is 0.980. The molecule has 0 aromatic carbocycles. The second-order valence-corrected chi connectivity index (χ2v) is 3.50. The van der Waals surface area contributed by atoms with Crippen molar-refractivity contribution in [3.63, 3.8) is 0 Å². The summed E-state index contributed by atoms with van der Waals surface area (Å²) >= 11 is 0. The van der Waals surface area contributed by atoms with Gasteiger partial charge in [-0.3, -0.25) is 9.59 Å². The molecule has 2 unspecified atom stereocenters. The van der Waals surface area contributed by atoms with E-state index in [1.807, 2.05) is 0 Å².